The van der Waals surface area contributed by atoms with Crippen LogP contribution in [0.15, 0.2) is 21.8 Å². The lowest BCUT2D eigenvalue weighted by molar-refractivity contribution is 0.196. The van der Waals surface area contributed by atoms with E-state index in [-0.39, 0.29) is 11.4 Å². The van der Waals surface area contributed by atoms with Gasteiger partial charge in [0.05, 0.1) is 22.5 Å². The van der Waals surface area contributed by atoms with Gasteiger partial charge in [-0.25, -0.2) is 0 Å². The maximum atomic E-state index is 9.37. The molecule has 0 radical (unpaired) electrons. The van der Waals surface area contributed by atoms with Crippen molar-refractivity contribution in [2.45, 2.75) is 30.1 Å². The SMILES string of the molecule is CC(O)C(C)Sc1c(N)cncc1Br. The fraction of sp³-hybridized carbons (Fsp3) is 0.444. The predicted molar refractivity (Wildman–Crippen MR) is 63.3 cm³/mol. The number of nitrogen functional groups attached to an aromatic ring is 1. The zero-order valence-corrected chi connectivity index (χ0v) is 10.5. The van der Waals surface area contributed by atoms with Crippen LogP contribution in [0.25, 0.3) is 0 Å². The molecule has 1 aromatic heterocycles. The van der Waals surface area contributed by atoms with Gasteiger partial charge in [-0.15, -0.1) is 11.8 Å². The number of aliphatic hydroxyl groups excluding tert-OH is 1. The van der Waals surface area contributed by atoms with Crippen molar-refractivity contribution in [1.82, 2.24) is 4.98 Å². The van der Waals surface area contributed by atoms with Gasteiger partial charge in [0.25, 0.3) is 0 Å². The first-order valence-corrected chi connectivity index (χ1v) is 5.93. The van der Waals surface area contributed by atoms with Crippen LogP contribution < -0.4 is 5.73 Å². The Labute approximate surface area is 96.2 Å². The molecule has 0 aromatic carbocycles. The summed E-state index contributed by atoms with van der Waals surface area (Å²) in [6.45, 7) is 3.73. The standard InChI is InChI=1S/C9H13BrN2OS/c1-5(13)6(2)14-9-7(10)3-12-4-8(9)11/h3-6,13H,11H2,1-2H3. The van der Waals surface area contributed by atoms with E-state index in [1.165, 1.54) is 0 Å². The number of thioether (sulfide) groups is 1. The molecule has 0 aliphatic carbocycles. The molecule has 1 rings (SSSR count). The zero-order valence-electron chi connectivity index (χ0n) is 8.07. The Morgan fingerprint density at radius 1 is 1.50 bits per heavy atom. The summed E-state index contributed by atoms with van der Waals surface area (Å²) >= 11 is 4.92. The first kappa shape index (κ1) is 11.8. The summed E-state index contributed by atoms with van der Waals surface area (Å²) in [5, 5.41) is 9.48. The number of pyridine rings is 1. The number of aliphatic hydroxyl groups is 1. The van der Waals surface area contributed by atoms with Crippen LogP contribution in [0.3, 0.4) is 0 Å². The summed E-state index contributed by atoms with van der Waals surface area (Å²) < 4.78 is 0.870. The molecule has 14 heavy (non-hydrogen) atoms. The van der Waals surface area contributed by atoms with Crippen molar-refractivity contribution in [3.8, 4) is 0 Å². The summed E-state index contributed by atoms with van der Waals surface area (Å²) in [4.78, 5) is 4.89. The summed E-state index contributed by atoms with van der Waals surface area (Å²) in [6.07, 6.45) is 2.95. The first-order valence-electron chi connectivity index (χ1n) is 4.26. The minimum atomic E-state index is -0.362. The number of anilines is 1. The molecule has 1 aromatic rings. The van der Waals surface area contributed by atoms with Gasteiger partial charge in [-0.1, -0.05) is 6.92 Å². The van der Waals surface area contributed by atoms with E-state index in [9.17, 15) is 5.11 Å². The number of nitrogens with two attached hydrogens (primary N) is 1. The summed E-state index contributed by atoms with van der Waals surface area (Å²) in [5.74, 6) is 0. The fourth-order valence-electron chi connectivity index (χ4n) is 0.847. The molecular weight excluding hydrogens is 264 g/mol. The van der Waals surface area contributed by atoms with Crippen molar-refractivity contribution in [3.63, 3.8) is 0 Å². The predicted octanol–water partition coefficient (Wildman–Crippen LogP) is 2.29. The lowest BCUT2D eigenvalue weighted by Gasteiger charge is -2.15. The van der Waals surface area contributed by atoms with Crippen LogP contribution in [0.5, 0.6) is 0 Å². The van der Waals surface area contributed by atoms with E-state index in [0.717, 1.165) is 9.37 Å². The normalized spacial score (nSPS) is 15.1. The molecule has 0 saturated heterocycles. The van der Waals surface area contributed by atoms with Crippen molar-refractivity contribution in [1.29, 1.82) is 0 Å². The van der Waals surface area contributed by atoms with E-state index < -0.39 is 0 Å². The Bertz CT molecular complexity index is 299. The molecule has 1 heterocycles. The topological polar surface area (TPSA) is 59.1 Å². The number of halogens is 1. The molecule has 0 aliphatic rings. The molecule has 2 atom stereocenters. The van der Waals surface area contributed by atoms with Crippen LogP contribution in [-0.4, -0.2) is 21.4 Å². The third kappa shape index (κ3) is 2.87. The van der Waals surface area contributed by atoms with Gasteiger partial charge in [0.2, 0.25) is 0 Å². The van der Waals surface area contributed by atoms with Crippen molar-refractivity contribution < 1.29 is 5.11 Å². The van der Waals surface area contributed by atoms with Gasteiger partial charge in [-0.05, 0) is 22.9 Å². The second kappa shape index (κ2) is 5.00. The van der Waals surface area contributed by atoms with Gasteiger partial charge < -0.3 is 10.8 Å². The Kier molecular flexibility index (Phi) is 4.22. The quantitative estimate of drug-likeness (QED) is 0.832. The molecular formula is C9H13BrN2OS. The largest absolute Gasteiger partial charge is 0.397 e. The van der Waals surface area contributed by atoms with Crippen LogP contribution in [0.2, 0.25) is 0 Å². The minimum Gasteiger partial charge on any atom is -0.397 e. The van der Waals surface area contributed by atoms with E-state index in [1.807, 2.05) is 6.92 Å². The monoisotopic (exact) mass is 276 g/mol. The van der Waals surface area contributed by atoms with E-state index in [0.29, 0.717) is 5.69 Å². The lowest BCUT2D eigenvalue weighted by atomic mass is 10.3. The van der Waals surface area contributed by atoms with Gasteiger partial charge in [0.15, 0.2) is 0 Å². The number of hydrogen-bond acceptors (Lipinski definition) is 4. The van der Waals surface area contributed by atoms with Gasteiger partial charge in [-0.3, -0.25) is 4.98 Å². The molecule has 0 fully saturated rings. The van der Waals surface area contributed by atoms with Crippen LogP contribution in [-0.2, 0) is 0 Å². The van der Waals surface area contributed by atoms with Gasteiger partial charge in [-0.2, -0.15) is 0 Å². The summed E-state index contributed by atoms with van der Waals surface area (Å²) in [6, 6.07) is 0. The minimum absolute atomic E-state index is 0.107. The Hall–Kier alpha value is -0.260. The summed E-state index contributed by atoms with van der Waals surface area (Å²) in [7, 11) is 0. The highest BCUT2D eigenvalue weighted by atomic mass is 79.9. The van der Waals surface area contributed by atoms with Crippen molar-refractivity contribution in [2.75, 3.05) is 5.73 Å². The smallest absolute Gasteiger partial charge is 0.0650 e. The van der Waals surface area contributed by atoms with Gasteiger partial charge in [0.1, 0.15) is 0 Å². The average molecular weight is 277 g/mol. The van der Waals surface area contributed by atoms with Gasteiger partial charge >= 0.3 is 0 Å². The molecule has 2 unspecified atom stereocenters. The highest BCUT2D eigenvalue weighted by Gasteiger charge is 2.14. The van der Waals surface area contributed by atoms with E-state index >= 15 is 0 Å². The second-order valence-electron chi connectivity index (χ2n) is 3.10. The molecule has 0 amide bonds. The van der Waals surface area contributed by atoms with Crippen LogP contribution in [0.1, 0.15) is 13.8 Å². The fourth-order valence-corrected chi connectivity index (χ4v) is 2.40. The molecule has 0 saturated carbocycles. The zero-order chi connectivity index (χ0) is 10.7. The molecule has 0 bridgehead atoms. The van der Waals surface area contributed by atoms with E-state index in [2.05, 4.69) is 20.9 Å². The van der Waals surface area contributed by atoms with Crippen molar-refractivity contribution in [3.05, 3.63) is 16.9 Å². The maximum Gasteiger partial charge on any atom is 0.0650 e. The highest BCUT2D eigenvalue weighted by Crippen LogP contribution is 2.35. The van der Waals surface area contributed by atoms with E-state index in [4.69, 9.17) is 5.73 Å². The van der Waals surface area contributed by atoms with Crippen LogP contribution in [0, 0.1) is 0 Å². The van der Waals surface area contributed by atoms with E-state index in [1.54, 1.807) is 31.1 Å². The summed E-state index contributed by atoms with van der Waals surface area (Å²) in [5.41, 5.74) is 6.41. The average Bonchev–Trinajstić information content (AvgIpc) is 2.11. The molecule has 5 heteroatoms. The lowest BCUT2D eigenvalue weighted by Crippen LogP contribution is -2.15. The molecule has 0 spiro atoms. The second-order valence-corrected chi connectivity index (χ2v) is 5.35. The molecule has 3 nitrogen and oxygen atoms in total. The molecule has 78 valence electrons. The van der Waals surface area contributed by atoms with Crippen molar-refractivity contribution >= 4 is 33.4 Å². The molecule has 3 N–H and O–H groups in total. The third-order valence-electron chi connectivity index (χ3n) is 1.86. The van der Waals surface area contributed by atoms with Crippen LogP contribution >= 0.6 is 27.7 Å². The van der Waals surface area contributed by atoms with Crippen LogP contribution in [0.4, 0.5) is 5.69 Å². The Morgan fingerprint density at radius 2 is 2.14 bits per heavy atom. The third-order valence-corrected chi connectivity index (χ3v) is 4.18. The molecule has 0 aliphatic heterocycles. The maximum absolute atomic E-state index is 9.37. The number of aromatic nitrogens is 1. The first-order chi connectivity index (χ1) is 6.52. The number of hydrogen-bond donors (Lipinski definition) is 2. The Balaban J connectivity index is 2.85. The number of rotatable bonds is 3. The van der Waals surface area contributed by atoms with Gasteiger partial charge in [0, 0.05) is 16.3 Å². The number of nitrogens with zero attached hydrogens (tertiary/aromatic N) is 1. The van der Waals surface area contributed by atoms with Crippen molar-refractivity contribution in [2.24, 2.45) is 0 Å². The Morgan fingerprint density at radius 3 is 2.64 bits per heavy atom. The highest BCUT2D eigenvalue weighted by molar-refractivity contribution is 9.10.